The second kappa shape index (κ2) is 5.13. The fraction of sp³-hybridized carbons (Fsp3) is 0.462. The lowest BCUT2D eigenvalue weighted by Gasteiger charge is -2.02. The van der Waals surface area contributed by atoms with Crippen molar-refractivity contribution in [3.8, 4) is 0 Å². The van der Waals surface area contributed by atoms with Crippen molar-refractivity contribution in [3.63, 3.8) is 0 Å². The third-order valence-corrected chi connectivity index (χ3v) is 4.16. The van der Waals surface area contributed by atoms with Gasteiger partial charge in [-0.1, -0.05) is 13.8 Å². The third-order valence-electron chi connectivity index (χ3n) is 2.97. The van der Waals surface area contributed by atoms with Gasteiger partial charge in [0.15, 0.2) is 0 Å². The molecule has 2 rings (SSSR count). The molecule has 2 aromatic heterocycles. The van der Waals surface area contributed by atoms with Gasteiger partial charge in [-0.15, -0.1) is 11.3 Å². The van der Waals surface area contributed by atoms with E-state index in [1.165, 1.54) is 0 Å². The van der Waals surface area contributed by atoms with Gasteiger partial charge in [-0.05, 0) is 13.8 Å². The van der Waals surface area contributed by atoms with Crippen LogP contribution in [-0.4, -0.2) is 25.8 Å². The Hall–Kier alpha value is -1.69. The van der Waals surface area contributed by atoms with Crippen molar-refractivity contribution in [1.82, 2.24) is 14.8 Å². The molecule has 0 fully saturated rings. The van der Waals surface area contributed by atoms with E-state index in [0.717, 1.165) is 10.7 Å². The molecule has 2 aromatic rings. The highest BCUT2D eigenvalue weighted by Crippen LogP contribution is 2.20. The molecule has 102 valence electrons. The summed E-state index contributed by atoms with van der Waals surface area (Å²) in [7, 11) is 0. The zero-order chi connectivity index (χ0) is 14.2. The second-order valence-electron chi connectivity index (χ2n) is 4.84. The van der Waals surface area contributed by atoms with Crippen LogP contribution in [0.1, 0.15) is 52.2 Å². The maximum absolute atomic E-state index is 11.1. The molecule has 0 aliphatic rings. The van der Waals surface area contributed by atoms with E-state index in [1.54, 1.807) is 29.9 Å². The lowest BCUT2D eigenvalue weighted by atomic mass is 10.2. The van der Waals surface area contributed by atoms with E-state index in [1.807, 2.05) is 5.38 Å². The van der Waals surface area contributed by atoms with Crippen LogP contribution in [0.5, 0.6) is 0 Å². The maximum Gasteiger partial charge on any atom is 0.339 e. The first-order valence-electron chi connectivity index (χ1n) is 6.11. The van der Waals surface area contributed by atoms with Crippen molar-refractivity contribution in [2.45, 2.75) is 40.2 Å². The molecule has 2 heterocycles. The number of carbonyl (C=O) groups is 1. The zero-order valence-corrected chi connectivity index (χ0v) is 12.3. The molecular weight excluding hydrogens is 262 g/mol. The molecule has 0 aliphatic heterocycles. The molecule has 0 amide bonds. The third kappa shape index (κ3) is 2.68. The summed E-state index contributed by atoms with van der Waals surface area (Å²) < 4.78 is 1.71. The molecule has 0 radical (unpaired) electrons. The molecular formula is C13H17N3O2S. The Balaban J connectivity index is 2.28. The first-order valence-corrected chi connectivity index (χ1v) is 6.99. The first-order chi connectivity index (χ1) is 8.90. The lowest BCUT2D eigenvalue weighted by Crippen LogP contribution is -2.06. The Labute approximate surface area is 115 Å². The molecule has 0 bridgehead atoms. The van der Waals surface area contributed by atoms with Crippen LogP contribution in [0.2, 0.25) is 0 Å². The Morgan fingerprint density at radius 2 is 2.16 bits per heavy atom. The average molecular weight is 279 g/mol. The number of aromatic nitrogens is 3. The molecule has 0 aromatic carbocycles. The largest absolute Gasteiger partial charge is 0.478 e. The predicted molar refractivity (Wildman–Crippen MR) is 74.0 cm³/mol. The van der Waals surface area contributed by atoms with E-state index in [-0.39, 0.29) is 0 Å². The number of carboxylic acid groups (broad SMARTS) is 1. The lowest BCUT2D eigenvalue weighted by molar-refractivity contribution is 0.0695. The molecule has 1 N–H and O–H groups in total. The Morgan fingerprint density at radius 3 is 2.63 bits per heavy atom. The number of rotatable bonds is 4. The quantitative estimate of drug-likeness (QED) is 0.934. The van der Waals surface area contributed by atoms with Crippen LogP contribution >= 0.6 is 11.3 Å². The van der Waals surface area contributed by atoms with Gasteiger partial charge in [0.2, 0.25) is 0 Å². The highest BCUT2D eigenvalue weighted by atomic mass is 32.1. The standard InChI is InChI=1S/C13H17N3O2S/c1-7(2)12-14-10(6-19-12)5-16-9(4)11(13(17)18)8(3)15-16/h6-7H,5H2,1-4H3,(H,17,18). The molecule has 0 spiro atoms. The van der Waals surface area contributed by atoms with E-state index < -0.39 is 5.97 Å². The number of aryl methyl sites for hydroxylation is 1. The summed E-state index contributed by atoms with van der Waals surface area (Å²) in [6.45, 7) is 8.22. The van der Waals surface area contributed by atoms with E-state index in [4.69, 9.17) is 5.11 Å². The Kier molecular flexibility index (Phi) is 3.71. The number of hydrogen-bond donors (Lipinski definition) is 1. The van der Waals surface area contributed by atoms with Gasteiger partial charge < -0.3 is 5.11 Å². The van der Waals surface area contributed by atoms with Crippen LogP contribution in [0.15, 0.2) is 5.38 Å². The minimum absolute atomic E-state index is 0.291. The van der Waals surface area contributed by atoms with Crippen molar-refractivity contribution in [2.75, 3.05) is 0 Å². The summed E-state index contributed by atoms with van der Waals surface area (Å²) in [4.78, 5) is 15.7. The monoisotopic (exact) mass is 279 g/mol. The molecule has 0 saturated carbocycles. The molecule has 0 atom stereocenters. The van der Waals surface area contributed by atoms with Crippen LogP contribution in [0.3, 0.4) is 0 Å². The fourth-order valence-electron chi connectivity index (χ4n) is 1.97. The van der Waals surface area contributed by atoms with Gasteiger partial charge in [0, 0.05) is 11.3 Å². The molecule has 6 heteroatoms. The van der Waals surface area contributed by atoms with Crippen LogP contribution in [0.25, 0.3) is 0 Å². The summed E-state index contributed by atoms with van der Waals surface area (Å²) in [5, 5.41) is 16.5. The van der Waals surface area contributed by atoms with Crippen LogP contribution in [0.4, 0.5) is 0 Å². The number of hydrogen-bond acceptors (Lipinski definition) is 4. The Bertz CT molecular complexity index is 613. The summed E-state index contributed by atoms with van der Waals surface area (Å²) in [6.07, 6.45) is 0. The van der Waals surface area contributed by atoms with Crippen molar-refractivity contribution < 1.29 is 9.90 Å². The van der Waals surface area contributed by atoms with Crippen molar-refractivity contribution in [1.29, 1.82) is 0 Å². The van der Waals surface area contributed by atoms with Crippen LogP contribution < -0.4 is 0 Å². The molecule has 0 aliphatic carbocycles. The predicted octanol–water partition coefficient (Wildman–Crippen LogP) is 2.83. The number of nitrogens with zero attached hydrogens (tertiary/aromatic N) is 3. The number of carboxylic acids is 1. The number of thiazole rings is 1. The molecule has 0 unspecified atom stereocenters. The van der Waals surface area contributed by atoms with Gasteiger partial charge in [-0.3, -0.25) is 4.68 Å². The highest BCUT2D eigenvalue weighted by Gasteiger charge is 2.18. The van der Waals surface area contributed by atoms with Crippen molar-refractivity contribution >= 4 is 17.3 Å². The van der Waals surface area contributed by atoms with Crippen LogP contribution in [-0.2, 0) is 6.54 Å². The molecule has 0 saturated heterocycles. The summed E-state index contributed by atoms with van der Waals surface area (Å²) in [5.74, 6) is -0.517. The SMILES string of the molecule is Cc1nn(Cc2csc(C(C)C)n2)c(C)c1C(=O)O. The van der Waals surface area contributed by atoms with Crippen LogP contribution in [0, 0.1) is 13.8 Å². The Morgan fingerprint density at radius 1 is 1.47 bits per heavy atom. The van der Waals surface area contributed by atoms with Gasteiger partial charge in [-0.2, -0.15) is 5.10 Å². The van der Waals surface area contributed by atoms with Gasteiger partial charge in [0.1, 0.15) is 5.56 Å². The molecule has 19 heavy (non-hydrogen) atoms. The normalized spacial score (nSPS) is 11.2. The van der Waals surface area contributed by atoms with Crippen molar-refractivity contribution in [2.24, 2.45) is 0 Å². The van der Waals surface area contributed by atoms with E-state index in [2.05, 4.69) is 23.9 Å². The smallest absolute Gasteiger partial charge is 0.339 e. The number of aromatic carboxylic acids is 1. The fourth-order valence-corrected chi connectivity index (χ4v) is 2.80. The second-order valence-corrected chi connectivity index (χ2v) is 5.73. The molecule has 5 nitrogen and oxygen atoms in total. The van der Waals surface area contributed by atoms with E-state index in [9.17, 15) is 4.79 Å². The highest BCUT2D eigenvalue weighted by molar-refractivity contribution is 7.09. The van der Waals surface area contributed by atoms with Gasteiger partial charge in [0.05, 0.1) is 28.6 Å². The average Bonchev–Trinajstić information content (AvgIpc) is 2.85. The van der Waals surface area contributed by atoms with E-state index >= 15 is 0 Å². The summed E-state index contributed by atoms with van der Waals surface area (Å²) >= 11 is 1.63. The maximum atomic E-state index is 11.1. The van der Waals surface area contributed by atoms with Gasteiger partial charge in [0.25, 0.3) is 0 Å². The minimum Gasteiger partial charge on any atom is -0.478 e. The van der Waals surface area contributed by atoms with Gasteiger partial charge in [-0.25, -0.2) is 9.78 Å². The van der Waals surface area contributed by atoms with E-state index in [0.29, 0.717) is 29.4 Å². The summed E-state index contributed by atoms with van der Waals surface area (Å²) in [6, 6.07) is 0. The topological polar surface area (TPSA) is 68.0 Å². The zero-order valence-electron chi connectivity index (χ0n) is 11.5. The first kappa shape index (κ1) is 13.7. The summed E-state index contributed by atoms with van der Waals surface area (Å²) in [5.41, 5.74) is 2.43. The van der Waals surface area contributed by atoms with Gasteiger partial charge >= 0.3 is 5.97 Å². The minimum atomic E-state index is -0.928. The van der Waals surface area contributed by atoms with Crippen molar-refractivity contribution in [3.05, 3.63) is 33.0 Å².